The maximum absolute atomic E-state index is 11.0. The quantitative estimate of drug-likeness (QED) is 0.545. The van der Waals surface area contributed by atoms with Crippen molar-refractivity contribution in [3.05, 3.63) is 5.89 Å². The Morgan fingerprint density at radius 2 is 2.29 bits per heavy atom. The van der Waals surface area contributed by atoms with Crippen molar-refractivity contribution in [3.63, 3.8) is 0 Å². The summed E-state index contributed by atoms with van der Waals surface area (Å²) in [6, 6.07) is 0. The summed E-state index contributed by atoms with van der Waals surface area (Å²) in [6.07, 6.45) is 0.701. The Kier molecular flexibility index (Phi) is 4.45. The van der Waals surface area contributed by atoms with Crippen LogP contribution in [0.1, 0.15) is 19.7 Å². The Morgan fingerprint density at radius 3 is 2.86 bits per heavy atom. The molecular weight excluding hydrogens is 204 g/mol. The van der Waals surface area contributed by atoms with Gasteiger partial charge in [0.2, 0.25) is 5.89 Å². The third-order valence-corrected chi connectivity index (χ3v) is 2.16. The number of thioether (sulfide) groups is 1. The van der Waals surface area contributed by atoms with Crippen LogP contribution in [0, 0.1) is 0 Å². The lowest BCUT2D eigenvalue weighted by atomic mass is 10.5. The van der Waals surface area contributed by atoms with E-state index in [9.17, 15) is 4.79 Å². The van der Waals surface area contributed by atoms with E-state index >= 15 is 0 Å². The highest BCUT2D eigenvalue weighted by molar-refractivity contribution is 7.99. The maximum Gasteiger partial charge on any atom is 0.316 e. The van der Waals surface area contributed by atoms with Crippen LogP contribution in [-0.4, -0.2) is 28.5 Å². The maximum atomic E-state index is 11.0. The van der Waals surface area contributed by atoms with Gasteiger partial charge in [-0.1, -0.05) is 18.7 Å². The molecule has 0 aliphatic heterocycles. The first-order valence-electron chi connectivity index (χ1n) is 4.37. The number of rotatable bonds is 5. The molecule has 0 unspecified atom stereocenters. The third-order valence-electron chi connectivity index (χ3n) is 1.37. The molecule has 1 heterocycles. The molecule has 0 aliphatic carbocycles. The topological polar surface area (TPSA) is 65.2 Å². The molecule has 14 heavy (non-hydrogen) atoms. The molecule has 6 heteroatoms. The van der Waals surface area contributed by atoms with Gasteiger partial charge < -0.3 is 9.15 Å². The smallest absolute Gasteiger partial charge is 0.316 e. The highest BCUT2D eigenvalue weighted by Gasteiger charge is 2.08. The first kappa shape index (κ1) is 11.0. The molecular formula is C8H12N2O3S. The van der Waals surface area contributed by atoms with Gasteiger partial charge in [0.1, 0.15) is 5.75 Å². The zero-order valence-corrected chi connectivity index (χ0v) is 8.97. The first-order valence-corrected chi connectivity index (χ1v) is 5.35. The van der Waals surface area contributed by atoms with Crippen LogP contribution < -0.4 is 0 Å². The Hall–Kier alpha value is -1.04. The van der Waals surface area contributed by atoms with E-state index in [-0.39, 0.29) is 11.7 Å². The van der Waals surface area contributed by atoms with Gasteiger partial charge >= 0.3 is 5.97 Å². The van der Waals surface area contributed by atoms with Crippen molar-refractivity contribution in [2.45, 2.75) is 25.5 Å². The summed E-state index contributed by atoms with van der Waals surface area (Å²) < 4.78 is 9.94. The van der Waals surface area contributed by atoms with E-state index in [2.05, 4.69) is 10.2 Å². The predicted molar refractivity (Wildman–Crippen MR) is 51.0 cm³/mol. The molecule has 1 aromatic rings. The monoisotopic (exact) mass is 216 g/mol. The van der Waals surface area contributed by atoms with Crippen molar-refractivity contribution in [1.82, 2.24) is 10.2 Å². The van der Waals surface area contributed by atoms with Crippen LogP contribution in [0.5, 0.6) is 0 Å². The lowest BCUT2D eigenvalue weighted by molar-refractivity contribution is -0.139. The van der Waals surface area contributed by atoms with E-state index in [0.717, 1.165) is 0 Å². The van der Waals surface area contributed by atoms with E-state index in [1.165, 1.54) is 11.8 Å². The molecule has 0 saturated carbocycles. The first-order chi connectivity index (χ1) is 6.76. The molecule has 0 fully saturated rings. The number of nitrogens with zero attached hydrogens (tertiary/aromatic N) is 2. The minimum absolute atomic E-state index is 0.208. The summed E-state index contributed by atoms with van der Waals surface area (Å²) in [5.41, 5.74) is 0. The lowest BCUT2D eigenvalue weighted by Crippen LogP contribution is -2.06. The number of carbonyl (C=O) groups excluding carboxylic acids is 1. The van der Waals surface area contributed by atoms with Crippen LogP contribution in [0.15, 0.2) is 9.64 Å². The number of aromatic nitrogens is 2. The summed E-state index contributed by atoms with van der Waals surface area (Å²) in [4.78, 5) is 11.0. The van der Waals surface area contributed by atoms with Gasteiger partial charge in [-0.2, -0.15) is 0 Å². The van der Waals surface area contributed by atoms with Gasteiger partial charge in [0.25, 0.3) is 5.22 Å². The second kappa shape index (κ2) is 5.64. The predicted octanol–water partition coefficient (Wildman–Crippen LogP) is 1.29. The van der Waals surface area contributed by atoms with Crippen molar-refractivity contribution in [1.29, 1.82) is 0 Å². The van der Waals surface area contributed by atoms with Gasteiger partial charge in [0, 0.05) is 6.42 Å². The van der Waals surface area contributed by atoms with Crippen molar-refractivity contribution in [3.8, 4) is 0 Å². The average Bonchev–Trinajstić information content (AvgIpc) is 2.63. The number of carbonyl (C=O) groups is 1. The van der Waals surface area contributed by atoms with E-state index < -0.39 is 0 Å². The average molecular weight is 216 g/mol. The normalized spacial score (nSPS) is 10.1. The summed E-state index contributed by atoms with van der Waals surface area (Å²) in [6.45, 7) is 4.08. The summed E-state index contributed by atoms with van der Waals surface area (Å²) >= 11 is 1.19. The largest absolute Gasteiger partial charge is 0.465 e. The summed E-state index contributed by atoms with van der Waals surface area (Å²) in [5.74, 6) is 0.518. The minimum Gasteiger partial charge on any atom is -0.465 e. The van der Waals surface area contributed by atoms with Gasteiger partial charge in [-0.15, -0.1) is 10.2 Å². The van der Waals surface area contributed by atoms with Gasteiger partial charge in [-0.05, 0) is 6.92 Å². The molecule has 0 aliphatic rings. The van der Waals surface area contributed by atoms with E-state index in [0.29, 0.717) is 24.1 Å². The molecule has 0 N–H and O–H groups in total. The molecule has 0 bridgehead atoms. The molecule has 0 saturated heterocycles. The fourth-order valence-electron chi connectivity index (χ4n) is 0.763. The highest BCUT2D eigenvalue weighted by Crippen LogP contribution is 2.16. The second-order valence-electron chi connectivity index (χ2n) is 2.41. The van der Waals surface area contributed by atoms with E-state index in [1.807, 2.05) is 6.92 Å². The Morgan fingerprint density at radius 1 is 1.50 bits per heavy atom. The van der Waals surface area contributed by atoms with Crippen molar-refractivity contribution in [2.75, 3.05) is 12.4 Å². The molecule has 0 spiro atoms. The standard InChI is InChI=1S/C8H12N2O3S/c1-3-6-9-10-8(13-6)14-5-7(11)12-4-2/h3-5H2,1-2H3. The molecule has 78 valence electrons. The fraction of sp³-hybridized carbons (Fsp3) is 0.625. The van der Waals surface area contributed by atoms with E-state index in [1.54, 1.807) is 6.92 Å². The minimum atomic E-state index is -0.270. The molecule has 1 aromatic heterocycles. The molecule has 5 nitrogen and oxygen atoms in total. The Labute approximate surface area is 86.2 Å². The zero-order valence-electron chi connectivity index (χ0n) is 8.15. The molecule has 0 aromatic carbocycles. The lowest BCUT2D eigenvalue weighted by Gasteiger charge is -1.97. The number of aryl methyl sites for hydroxylation is 1. The Balaban J connectivity index is 2.34. The van der Waals surface area contributed by atoms with Crippen molar-refractivity contribution >= 4 is 17.7 Å². The van der Waals surface area contributed by atoms with E-state index in [4.69, 9.17) is 9.15 Å². The van der Waals surface area contributed by atoms with Crippen LogP contribution in [-0.2, 0) is 16.0 Å². The van der Waals surface area contributed by atoms with Gasteiger partial charge in [-0.25, -0.2) is 0 Å². The number of ether oxygens (including phenoxy) is 1. The fourth-order valence-corrected chi connectivity index (χ4v) is 1.34. The SMILES string of the molecule is CCOC(=O)CSc1nnc(CC)o1. The molecule has 0 amide bonds. The molecule has 0 atom stereocenters. The van der Waals surface area contributed by atoms with Gasteiger partial charge in [-0.3, -0.25) is 4.79 Å². The van der Waals surface area contributed by atoms with Crippen molar-refractivity contribution < 1.29 is 13.9 Å². The Bertz CT molecular complexity index is 301. The summed E-state index contributed by atoms with van der Waals surface area (Å²) in [5, 5.41) is 7.94. The summed E-state index contributed by atoms with van der Waals surface area (Å²) in [7, 11) is 0. The van der Waals surface area contributed by atoms with Crippen LogP contribution in [0.3, 0.4) is 0 Å². The van der Waals surface area contributed by atoms with Crippen molar-refractivity contribution in [2.24, 2.45) is 0 Å². The molecule has 1 rings (SSSR count). The van der Waals surface area contributed by atoms with Crippen LogP contribution in [0.25, 0.3) is 0 Å². The highest BCUT2D eigenvalue weighted by atomic mass is 32.2. The van der Waals surface area contributed by atoms with Crippen LogP contribution in [0.4, 0.5) is 0 Å². The number of hydrogen-bond acceptors (Lipinski definition) is 6. The van der Waals surface area contributed by atoms with Crippen LogP contribution in [0.2, 0.25) is 0 Å². The van der Waals surface area contributed by atoms with Crippen LogP contribution >= 0.6 is 11.8 Å². The zero-order chi connectivity index (χ0) is 10.4. The number of esters is 1. The van der Waals surface area contributed by atoms with Gasteiger partial charge in [0.15, 0.2) is 0 Å². The number of hydrogen-bond donors (Lipinski definition) is 0. The second-order valence-corrected chi connectivity index (χ2v) is 3.34. The van der Waals surface area contributed by atoms with Gasteiger partial charge in [0.05, 0.1) is 6.61 Å². The molecule has 0 radical (unpaired) electrons. The third kappa shape index (κ3) is 3.37.